The number of pyridine rings is 1. The highest BCUT2D eigenvalue weighted by Crippen LogP contribution is 2.20. The molecule has 4 nitrogen and oxygen atoms in total. The third kappa shape index (κ3) is 1.75. The van der Waals surface area contributed by atoms with Crippen LogP contribution in [0.3, 0.4) is 0 Å². The minimum atomic E-state index is -0.756. The lowest BCUT2D eigenvalue weighted by atomic mass is 9.90. The molecule has 0 bridgehead atoms. The number of benzene rings is 1. The highest BCUT2D eigenvalue weighted by molar-refractivity contribution is 6.38. The van der Waals surface area contributed by atoms with Crippen molar-refractivity contribution in [2.75, 3.05) is 6.54 Å². The Morgan fingerprint density at radius 2 is 2.12 bits per heavy atom. The third-order valence-electron chi connectivity index (χ3n) is 2.54. The van der Waals surface area contributed by atoms with Gasteiger partial charge < -0.3 is 15.8 Å². The van der Waals surface area contributed by atoms with Crippen molar-refractivity contribution >= 4 is 24.2 Å². The van der Waals surface area contributed by atoms with Crippen LogP contribution < -0.4 is 16.8 Å². The number of aromatic amines is 1. The maximum absolute atomic E-state index is 11.2. The Balaban J connectivity index is 2.79. The normalized spacial score (nSPS) is 12.9. The van der Waals surface area contributed by atoms with Gasteiger partial charge in [0.25, 0.3) is 0 Å². The van der Waals surface area contributed by atoms with Gasteiger partial charge in [-0.2, -0.15) is 0 Å². The molecule has 0 saturated carbocycles. The highest BCUT2D eigenvalue weighted by Gasteiger charge is 2.10. The molecule has 0 aliphatic heterocycles. The summed E-state index contributed by atoms with van der Waals surface area (Å²) in [6.07, 6.45) is -0.756. The van der Waals surface area contributed by atoms with Gasteiger partial charge in [-0.05, 0) is 11.6 Å². The molecular weight excluding hydrogens is 203 g/mol. The first kappa shape index (κ1) is 10.9. The second kappa shape index (κ2) is 4.12. The Bertz CT molecular complexity index is 580. The number of rotatable bonds is 2. The smallest absolute Gasteiger partial charge is 0.248 e. The van der Waals surface area contributed by atoms with Gasteiger partial charge in [-0.15, -0.1) is 0 Å². The molecular formula is C11H11BN2O2. The summed E-state index contributed by atoms with van der Waals surface area (Å²) < 4.78 is 0. The van der Waals surface area contributed by atoms with Crippen LogP contribution in [-0.2, 0) is 0 Å². The van der Waals surface area contributed by atoms with Crippen LogP contribution in [0.5, 0.6) is 0 Å². The number of aliphatic hydroxyl groups is 1. The summed E-state index contributed by atoms with van der Waals surface area (Å²) in [5, 5.41) is 10.4. The van der Waals surface area contributed by atoms with E-state index in [9.17, 15) is 9.90 Å². The van der Waals surface area contributed by atoms with Crippen molar-refractivity contribution in [1.29, 1.82) is 0 Å². The molecule has 1 unspecified atom stereocenters. The van der Waals surface area contributed by atoms with E-state index < -0.39 is 6.10 Å². The van der Waals surface area contributed by atoms with Gasteiger partial charge >= 0.3 is 0 Å². The molecule has 1 atom stereocenters. The Hall–Kier alpha value is -1.59. The van der Waals surface area contributed by atoms with Crippen LogP contribution in [0.25, 0.3) is 10.9 Å². The van der Waals surface area contributed by atoms with Gasteiger partial charge in [0.2, 0.25) is 5.56 Å². The summed E-state index contributed by atoms with van der Waals surface area (Å²) in [5.41, 5.74) is 6.87. The highest BCUT2D eigenvalue weighted by atomic mass is 16.3. The molecule has 5 heteroatoms. The van der Waals surface area contributed by atoms with Crippen LogP contribution in [-0.4, -0.2) is 24.5 Å². The van der Waals surface area contributed by atoms with E-state index in [2.05, 4.69) is 4.98 Å². The number of hydrogen-bond acceptors (Lipinski definition) is 3. The van der Waals surface area contributed by atoms with Crippen molar-refractivity contribution in [1.82, 2.24) is 4.98 Å². The van der Waals surface area contributed by atoms with Gasteiger partial charge in [-0.3, -0.25) is 4.79 Å². The number of nitrogens with one attached hydrogen (secondary N) is 1. The lowest BCUT2D eigenvalue weighted by molar-refractivity contribution is 0.188. The standard InChI is InChI=1S/C11H11BN2O2/c12-8-3-1-6(9(15)5-13)7-2-4-10(16)14-11(7)8/h1-4,9,15H,5,13H2,(H,14,16). The Labute approximate surface area is 93.5 Å². The molecule has 16 heavy (non-hydrogen) atoms. The third-order valence-corrected chi connectivity index (χ3v) is 2.54. The molecule has 2 radical (unpaired) electrons. The molecule has 0 aliphatic carbocycles. The summed E-state index contributed by atoms with van der Waals surface area (Å²) >= 11 is 0. The second-order valence-electron chi connectivity index (χ2n) is 3.61. The number of aromatic nitrogens is 1. The number of aliphatic hydroxyl groups excluding tert-OH is 1. The van der Waals surface area contributed by atoms with Gasteiger partial charge in [0, 0.05) is 23.5 Å². The molecule has 80 valence electrons. The van der Waals surface area contributed by atoms with Crippen LogP contribution in [0.2, 0.25) is 0 Å². The summed E-state index contributed by atoms with van der Waals surface area (Å²) in [6.45, 7) is 0.123. The Morgan fingerprint density at radius 1 is 1.38 bits per heavy atom. The molecule has 2 rings (SSSR count). The second-order valence-corrected chi connectivity index (χ2v) is 3.61. The van der Waals surface area contributed by atoms with Gasteiger partial charge in [0.1, 0.15) is 7.85 Å². The summed E-state index contributed by atoms with van der Waals surface area (Å²) in [6, 6.07) is 6.40. The van der Waals surface area contributed by atoms with Crippen molar-refractivity contribution in [3.05, 3.63) is 40.2 Å². The van der Waals surface area contributed by atoms with E-state index in [4.69, 9.17) is 13.6 Å². The van der Waals surface area contributed by atoms with Crippen LogP contribution in [0.4, 0.5) is 0 Å². The lowest BCUT2D eigenvalue weighted by Gasteiger charge is -2.12. The SMILES string of the molecule is [B]c1ccc(C(O)CN)c2ccc(=O)[nH]c12. The van der Waals surface area contributed by atoms with Gasteiger partial charge in [0.15, 0.2) is 0 Å². The molecule has 1 heterocycles. The van der Waals surface area contributed by atoms with E-state index in [1.807, 2.05) is 0 Å². The molecule has 0 saturated heterocycles. The molecule has 1 aromatic carbocycles. The Kier molecular flexibility index (Phi) is 2.81. The zero-order valence-electron chi connectivity index (χ0n) is 8.60. The summed E-state index contributed by atoms with van der Waals surface area (Å²) in [5.74, 6) is 0. The van der Waals surface area contributed by atoms with Gasteiger partial charge in [-0.25, -0.2) is 0 Å². The van der Waals surface area contributed by atoms with E-state index in [1.165, 1.54) is 6.07 Å². The van der Waals surface area contributed by atoms with Crippen LogP contribution in [0.15, 0.2) is 29.1 Å². The first-order valence-electron chi connectivity index (χ1n) is 4.93. The van der Waals surface area contributed by atoms with Gasteiger partial charge in [0.05, 0.1) is 6.10 Å². The average molecular weight is 214 g/mol. The maximum atomic E-state index is 11.2. The van der Waals surface area contributed by atoms with Gasteiger partial charge in [-0.1, -0.05) is 17.6 Å². The number of nitrogens with two attached hydrogens (primary N) is 1. The number of H-pyrrole nitrogens is 1. The molecule has 1 aromatic heterocycles. The number of fused-ring (bicyclic) bond motifs is 1. The Morgan fingerprint density at radius 3 is 2.81 bits per heavy atom. The molecule has 0 aliphatic rings. The molecule has 0 fully saturated rings. The fraction of sp³-hybridized carbons (Fsp3) is 0.182. The van der Waals surface area contributed by atoms with E-state index in [-0.39, 0.29) is 12.1 Å². The average Bonchev–Trinajstić information content (AvgIpc) is 2.29. The van der Waals surface area contributed by atoms with Crippen molar-refractivity contribution in [2.45, 2.75) is 6.10 Å². The molecule has 0 spiro atoms. The predicted molar refractivity (Wildman–Crippen MR) is 64.0 cm³/mol. The van der Waals surface area contributed by atoms with Crippen molar-refractivity contribution in [2.24, 2.45) is 5.73 Å². The number of hydrogen-bond donors (Lipinski definition) is 3. The quantitative estimate of drug-likeness (QED) is 0.579. The summed E-state index contributed by atoms with van der Waals surface area (Å²) in [7, 11) is 5.75. The van der Waals surface area contributed by atoms with E-state index in [0.29, 0.717) is 16.5 Å². The maximum Gasteiger partial charge on any atom is 0.248 e. The molecule has 0 amide bonds. The van der Waals surface area contributed by atoms with Crippen LogP contribution in [0, 0.1) is 0 Å². The molecule has 4 N–H and O–H groups in total. The predicted octanol–water partition coefficient (Wildman–Crippen LogP) is -0.686. The monoisotopic (exact) mass is 214 g/mol. The van der Waals surface area contributed by atoms with Crippen molar-refractivity contribution in [3.63, 3.8) is 0 Å². The topological polar surface area (TPSA) is 79.1 Å². The zero-order valence-corrected chi connectivity index (χ0v) is 8.60. The zero-order chi connectivity index (χ0) is 11.7. The van der Waals surface area contributed by atoms with E-state index in [1.54, 1.807) is 18.2 Å². The minimum absolute atomic E-state index is 0.123. The van der Waals surface area contributed by atoms with Crippen molar-refractivity contribution < 1.29 is 5.11 Å². The van der Waals surface area contributed by atoms with E-state index in [0.717, 1.165) is 5.39 Å². The van der Waals surface area contributed by atoms with Crippen LogP contribution >= 0.6 is 0 Å². The molecule has 2 aromatic rings. The largest absolute Gasteiger partial charge is 0.387 e. The first-order chi connectivity index (χ1) is 7.63. The fourth-order valence-corrected chi connectivity index (χ4v) is 1.71. The summed E-state index contributed by atoms with van der Waals surface area (Å²) in [4.78, 5) is 13.8. The first-order valence-corrected chi connectivity index (χ1v) is 4.93. The van der Waals surface area contributed by atoms with E-state index >= 15 is 0 Å². The minimum Gasteiger partial charge on any atom is -0.387 e. The van der Waals surface area contributed by atoms with Crippen molar-refractivity contribution in [3.8, 4) is 0 Å². The fourth-order valence-electron chi connectivity index (χ4n) is 1.71. The van der Waals surface area contributed by atoms with Crippen LogP contribution in [0.1, 0.15) is 11.7 Å². The lowest BCUT2D eigenvalue weighted by Crippen LogP contribution is -2.17.